The molecule has 0 saturated heterocycles. The van der Waals surface area contributed by atoms with E-state index < -0.39 is 11.7 Å². The minimum Gasteiger partial charge on any atom is -0.348 e. The fourth-order valence-electron chi connectivity index (χ4n) is 1.75. The lowest BCUT2D eigenvalue weighted by Crippen LogP contribution is -2.25. The van der Waals surface area contributed by atoms with E-state index in [1.807, 2.05) is 30.3 Å². The van der Waals surface area contributed by atoms with Gasteiger partial charge >= 0.3 is 0 Å². The third kappa shape index (κ3) is 4.10. The van der Waals surface area contributed by atoms with E-state index in [-0.39, 0.29) is 17.3 Å². The number of pyridine rings is 1. The second-order valence-corrected chi connectivity index (χ2v) is 4.40. The van der Waals surface area contributed by atoms with Crippen LogP contribution in [0.5, 0.6) is 0 Å². The highest BCUT2D eigenvalue weighted by atomic mass is 19.1. The fourth-order valence-corrected chi connectivity index (χ4v) is 1.75. The molecular formula is C15H14FN3O2. The highest BCUT2D eigenvalue weighted by Crippen LogP contribution is 2.14. The number of hydrogen-bond acceptors (Lipinski definition) is 3. The van der Waals surface area contributed by atoms with Crippen molar-refractivity contribution in [1.29, 1.82) is 0 Å². The van der Waals surface area contributed by atoms with Crippen LogP contribution in [0, 0.1) is 5.82 Å². The van der Waals surface area contributed by atoms with E-state index in [9.17, 15) is 14.0 Å². The number of rotatable bonds is 4. The van der Waals surface area contributed by atoms with Crippen molar-refractivity contribution in [3.8, 4) is 0 Å². The molecule has 1 aromatic heterocycles. The van der Waals surface area contributed by atoms with Gasteiger partial charge in [0, 0.05) is 13.5 Å². The quantitative estimate of drug-likeness (QED) is 0.904. The first-order valence-electron chi connectivity index (χ1n) is 6.31. The molecule has 0 atom stereocenters. The van der Waals surface area contributed by atoms with E-state index in [0.29, 0.717) is 6.54 Å². The van der Waals surface area contributed by atoms with Crippen molar-refractivity contribution in [2.24, 2.45) is 0 Å². The van der Waals surface area contributed by atoms with Gasteiger partial charge in [0.2, 0.25) is 5.91 Å². The maximum atomic E-state index is 13.3. The Hall–Kier alpha value is -2.76. The van der Waals surface area contributed by atoms with Gasteiger partial charge in [-0.1, -0.05) is 30.3 Å². The van der Waals surface area contributed by atoms with Gasteiger partial charge in [0.25, 0.3) is 5.91 Å². The first kappa shape index (κ1) is 14.6. The summed E-state index contributed by atoms with van der Waals surface area (Å²) in [7, 11) is 0. The number of carbonyl (C=O) groups is 2. The number of amides is 2. The molecule has 2 aromatic rings. The molecule has 0 radical (unpaired) electrons. The van der Waals surface area contributed by atoms with Crippen LogP contribution in [-0.4, -0.2) is 16.8 Å². The zero-order chi connectivity index (χ0) is 15.2. The Labute approximate surface area is 121 Å². The first-order valence-corrected chi connectivity index (χ1v) is 6.31. The predicted octanol–water partition coefficient (Wildman–Crippen LogP) is 2.11. The molecule has 2 N–H and O–H groups in total. The number of nitrogens with one attached hydrogen (secondary N) is 2. The Bertz CT molecular complexity index is 659. The minimum absolute atomic E-state index is 0.0128. The Balaban J connectivity index is 2.14. The summed E-state index contributed by atoms with van der Waals surface area (Å²) in [5, 5.41) is 5.06. The summed E-state index contributed by atoms with van der Waals surface area (Å²) in [6, 6.07) is 10.3. The summed E-state index contributed by atoms with van der Waals surface area (Å²) in [5.74, 6) is -1.50. The molecule has 2 amide bonds. The summed E-state index contributed by atoms with van der Waals surface area (Å²) in [5.41, 5.74) is 0.900. The molecule has 108 valence electrons. The van der Waals surface area contributed by atoms with Gasteiger partial charge in [-0.2, -0.15) is 0 Å². The van der Waals surface area contributed by atoms with Crippen LogP contribution in [0.4, 0.5) is 10.2 Å². The summed E-state index contributed by atoms with van der Waals surface area (Å²) < 4.78 is 13.3. The van der Waals surface area contributed by atoms with Crippen molar-refractivity contribution in [1.82, 2.24) is 10.3 Å². The molecule has 0 aliphatic rings. The fraction of sp³-hybridized carbons (Fsp3) is 0.133. The molecule has 1 aromatic carbocycles. The van der Waals surface area contributed by atoms with E-state index in [1.54, 1.807) is 0 Å². The van der Waals surface area contributed by atoms with Crippen molar-refractivity contribution in [3.05, 3.63) is 59.5 Å². The van der Waals surface area contributed by atoms with Crippen LogP contribution in [0.1, 0.15) is 22.8 Å². The molecule has 0 aliphatic carbocycles. The highest BCUT2D eigenvalue weighted by Gasteiger charge is 2.14. The average molecular weight is 287 g/mol. The maximum Gasteiger partial charge on any atom is 0.255 e. The van der Waals surface area contributed by atoms with Gasteiger partial charge in [0.1, 0.15) is 11.6 Å². The maximum absolute atomic E-state index is 13.3. The number of hydrogen-bond donors (Lipinski definition) is 2. The van der Waals surface area contributed by atoms with E-state index in [2.05, 4.69) is 15.6 Å². The van der Waals surface area contributed by atoms with Crippen LogP contribution < -0.4 is 10.6 Å². The second-order valence-electron chi connectivity index (χ2n) is 4.40. The molecule has 2 rings (SSSR count). The Kier molecular flexibility index (Phi) is 4.61. The number of anilines is 1. The Morgan fingerprint density at radius 3 is 2.62 bits per heavy atom. The van der Waals surface area contributed by atoms with Crippen LogP contribution in [0.2, 0.25) is 0 Å². The topological polar surface area (TPSA) is 71.1 Å². The highest BCUT2D eigenvalue weighted by molar-refractivity contribution is 6.02. The molecule has 5 nitrogen and oxygen atoms in total. The normalized spacial score (nSPS) is 10.0. The second kappa shape index (κ2) is 6.60. The SMILES string of the molecule is CC(=O)Nc1ncc(F)cc1C(=O)NCc1ccccc1. The summed E-state index contributed by atoms with van der Waals surface area (Å²) >= 11 is 0. The standard InChI is InChI=1S/C15H14FN3O2/c1-10(20)19-14-13(7-12(16)9-17-14)15(21)18-8-11-5-3-2-4-6-11/h2-7,9H,8H2,1H3,(H,18,21)(H,17,19,20). The van der Waals surface area contributed by atoms with Gasteiger partial charge in [-0.05, 0) is 11.6 Å². The lowest BCUT2D eigenvalue weighted by molar-refractivity contribution is -0.114. The summed E-state index contributed by atoms with van der Waals surface area (Å²) in [6.45, 7) is 1.59. The molecular weight excluding hydrogens is 273 g/mol. The van der Waals surface area contributed by atoms with Gasteiger partial charge in [0.15, 0.2) is 0 Å². The summed E-state index contributed by atoms with van der Waals surface area (Å²) in [4.78, 5) is 26.9. The van der Waals surface area contributed by atoms with E-state index in [1.165, 1.54) is 6.92 Å². The van der Waals surface area contributed by atoms with Gasteiger partial charge in [-0.3, -0.25) is 9.59 Å². The molecule has 21 heavy (non-hydrogen) atoms. The number of nitrogens with zero attached hydrogens (tertiary/aromatic N) is 1. The van der Waals surface area contributed by atoms with Crippen LogP contribution in [0.15, 0.2) is 42.6 Å². The minimum atomic E-state index is -0.644. The Morgan fingerprint density at radius 1 is 1.24 bits per heavy atom. The third-order valence-corrected chi connectivity index (χ3v) is 2.69. The van der Waals surface area contributed by atoms with E-state index in [4.69, 9.17) is 0 Å². The molecule has 0 unspecified atom stereocenters. The largest absolute Gasteiger partial charge is 0.348 e. The van der Waals surface area contributed by atoms with E-state index >= 15 is 0 Å². The van der Waals surface area contributed by atoms with Crippen LogP contribution in [-0.2, 0) is 11.3 Å². The predicted molar refractivity (Wildman–Crippen MR) is 76.1 cm³/mol. The van der Waals surface area contributed by atoms with Crippen molar-refractivity contribution in [3.63, 3.8) is 0 Å². The molecule has 1 heterocycles. The average Bonchev–Trinajstić information content (AvgIpc) is 2.47. The van der Waals surface area contributed by atoms with Gasteiger partial charge in [-0.15, -0.1) is 0 Å². The number of aromatic nitrogens is 1. The lowest BCUT2D eigenvalue weighted by atomic mass is 10.2. The van der Waals surface area contributed by atoms with Gasteiger partial charge < -0.3 is 10.6 Å². The zero-order valence-corrected chi connectivity index (χ0v) is 11.4. The molecule has 6 heteroatoms. The smallest absolute Gasteiger partial charge is 0.255 e. The number of benzene rings is 1. The van der Waals surface area contributed by atoms with Crippen molar-refractivity contribution in [2.45, 2.75) is 13.5 Å². The van der Waals surface area contributed by atoms with Gasteiger partial charge in [0.05, 0.1) is 11.8 Å². The summed E-state index contributed by atoms with van der Waals surface area (Å²) in [6.07, 6.45) is 0.944. The third-order valence-electron chi connectivity index (χ3n) is 2.69. The van der Waals surface area contributed by atoms with Crippen LogP contribution in [0.25, 0.3) is 0 Å². The van der Waals surface area contributed by atoms with Crippen molar-refractivity contribution >= 4 is 17.6 Å². The number of carbonyl (C=O) groups excluding carboxylic acids is 2. The molecule has 0 saturated carbocycles. The lowest BCUT2D eigenvalue weighted by Gasteiger charge is -2.09. The number of halogens is 1. The van der Waals surface area contributed by atoms with E-state index in [0.717, 1.165) is 17.8 Å². The van der Waals surface area contributed by atoms with Crippen LogP contribution in [0.3, 0.4) is 0 Å². The van der Waals surface area contributed by atoms with Gasteiger partial charge in [-0.25, -0.2) is 9.37 Å². The van der Waals surface area contributed by atoms with Crippen molar-refractivity contribution < 1.29 is 14.0 Å². The first-order chi connectivity index (χ1) is 10.1. The Morgan fingerprint density at radius 2 is 1.95 bits per heavy atom. The van der Waals surface area contributed by atoms with Crippen molar-refractivity contribution in [2.75, 3.05) is 5.32 Å². The van der Waals surface area contributed by atoms with Crippen LogP contribution >= 0.6 is 0 Å². The zero-order valence-electron chi connectivity index (χ0n) is 11.4. The molecule has 0 spiro atoms. The molecule has 0 bridgehead atoms. The molecule has 0 fully saturated rings. The molecule has 0 aliphatic heterocycles. The monoisotopic (exact) mass is 287 g/mol.